The summed E-state index contributed by atoms with van der Waals surface area (Å²) in [6, 6.07) is 2.26. The third-order valence-corrected chi connectivity index (χ3v) is 10.2. The monoisotopic (exact) mass is 571 g/mol. The standard InChI is InChI=1S/C29H41N5O5S/c1-4-36-18-37-15-21-11-22-16-38-26-24(5-8-30-28(26)34(22)13-21)40-25-12-31-27(23(14-35)32-25)33-9-6-29(7-10-33)17-39-20(3)19(29)2/h5,8,12,19-22,35H,4,6-7,9-11,13-18H2,1-3H3/t19-,20+,21+,22+/m1/s1. The molecule has 6 heterocycles. The van der Waals surface area contributed by atoms with Crippen molar-refractivity contribution in [2.75, 3.05) is 62.7 Å². The number of aliphatic hydroxyl groups is 1. The molecule has 2 aromatic heterocycles. The van der Waals surface area contributed by atoms with Crippen LogP contribution in [0.4, 0.5) is 11.6 Å². The van der Waals surface area contributed by atoms with E-state index in [-0.39, 0.29) is 12.0 Å². The Morgan fingerprint density at radius 1 is 1.18 bits per heavy atom. The lowest BCUT2D eigenvalue weighted by Crippen LogP contribution is -2.44. The van der Waals surface area contributed by atoms with Gasteiger partial charge in [0.05, 0.1) is 43.1 Å². The van der Waals surface area contributed by atoms with E-state index in [0.29, 0.717) is 56.3 Å². The number of hydrogen-bond donors (Lipinski definition) is 1. The Morgan fingerprint density at radius 2 is 2.02 bits per heavy atom. The number of hydrogen-bond acceptors (Lipinski definition) is 11. The van der Waals surface area contributed by atoms with Gasteiger partial charge in [0.15, 0.2) is 17.4 Å². The van der Waals surface area contributed by atoms with Crippen LogP contribution in [0.2, 0.25) is 0 Å². The molecular formula is C29H41N5O5S. The van der Waals surface area contributed by atoms with Crippen molar-refractivity contribution >= 4 is 23.4 Å². The summed E-state index contributed by atoms with van der Waals surface area (Å²) in [5, 5.41) is 10.9. The van der Waals surface area contributed by atoms with Crippen LogP contribution in [-0.4, -0.2) is 85.1 Å². The molecule has 10 nitrogen and oxygen atoms in total. The predicted molar refractivity (Wildman–Crippen MR) is 152 cm³/mol. The third kappa shape index (κ3) is 5.38. The average molecular weight is 572 g/mol. The van der Waals surface area contributed by atoms with Crippen LogP contribution < -0.4 is 14.5 Å². The molecule has 0 unspecified atom stereocenters. The molecule has 0 aromatic carbocycles. The van der Waals surface area contributed by atoms with Crippen LogP contribution in [0.15, 0.2) is 28.4 Å². The van der Waals surface area contributed by atoms with E-state index >= 15 is 0 Å². The van der Waals surface area contributed by atoms with E-state index in [1.807, 2.05) is 25.4 Å². The van der Waals surface area contributed by atoms with Gasteiger partial charge in [-0.2, -0.15) is 0 Å². The van der Waals surface area contributed by atoms with Gasteiger partial charge in [0, 0.05) is 43.8 Å². The lowest BCUT2D eigenvalue weighted by atomic mass is 9.70. The summed E-state index contributed by atoms with van der Waals surface area (Å²) >= 11 is 1.50. The normalized spacial score (nSPS) is 27.1. The highest BCUT2D eigenvalue weighted by atomic mass is 32.2. The number of aromatic nitrogens is 3. The van der Waals surface area contributed by atoms with Gasteiger partial charge in [-0.15, -0.1) is 0 Å². The Labute approximate surface area is 240 Å². The molecular weight excluding hydrogens is 530 g/mol. The van der Waals surface area contributed by atoms with Crippen LogP contribution in [0, 0.1) is 17.3 Å². The van der Waals surface area contributed by atoms with Crippen molar-refractivity contribution in [3.63, 3.8) is 0 Å². The molecule has 4 atom stereocenters. The molecule has 0 radical (unpaired) electrons. The fourth-order valence-corrected chi connectivity index (χ4v) is 7.56. The van der Waals surface area contributed by atoms with Crippen LogP contribution in [0.1, 0.15) is 45.7 Å². The van der Waals surface area contributed by atoms with Crippen molar-refractivity contribution in [3.8, 4) is 5.75 Å². The molecule has 0 saturated carbocycles. The Morgan fingerprint density at radius 3 is 2.77 bits per heavy atom. The second-order valence-corrected chi connectivity index (χ2v) is 12.6. The van der Waals surface area contributed by atoms with Crippen molar-refractivity contribution in [3.05, 3.63) is 24.2 Å². The molecule has 3 fully saturated rings. The molecule has 1 N–H and O–H groups in total. The van der Waals surface area contributed by atoms with Gasteiger partial charge in [0.2, 0.25) is 0 Å². The molecule has 4 aliphatic rings. The van der Waals surface area contributed by atoms with Crippen molar-refractivity contribution in [1.82, 2.24) is 15.0 Å². The van der Waals surface area contributed by atoms with Gasteiger partial charge in [-0.1, -0.05) is 18.7 Å². The zero-order valence-electron chi connectivity index (χ0n) is 23.8. The molecule has 218 valence electrons. The summed E-state index contributed by atoms with van der Waals surface area (Å²) in [5.41, 5.74) is 0.868. The average Bonchev–Trinajstić information content (AvgIpc) is 3.53. The minimum absolute atomic E-state index is 0.151. The van der Waals surface area contributed by atoms with Crippen molar-refractivity contribution in [1.29, 1.82) is 0 Å². The van der Waals surface area contributed by atoms with Crippen molar-refractivity contribution < 1.29 is 24.1 Å². The van der Waals surface area contributed by atoms with Gasteiger partial charge >= 0.3 is 0 Å². The van der Waals surface area contributed by atoms with Gasteiger partial charge in [0.25, 0.3) is 0 Å². The largest absolute Gasteiger partial charge is 0.486 e. The van der Waals surface area contributed by atoms with Crippen LogP contribution in [0.25, 0.3) is 0 Å². The molecule has 40 heavy (non-hydrogen) atoms. The first kappa shape index (κ1) is 28.0. The van der Waals surface area contributed by atoms with Gasteiger partial charge < -0.3 is 33.9 Å². The first-order valence-corrected chi connectivity index (χ1v) is 15.4. The first-order valence-electron chi connectivity index (χ1n) is 14.6. The summed E-state index contributed by atoms with van der Waals surface area (Å²) in [4.78, 5) is 19.9. The summed E-state index contributed by atoms with van der Waals surface area (Å²) in [6.07, 6.45) is 7.11. The van der Waals surface area contributed by atoms with E-state index in [2.05, 4.69) is 28.6 Å². The Kier molecular flexibility index (Phi) is 8.37. The third-order valence-electron chi connectivity index (χ3n) is 9.29. The van der Waals surface area contributed by atoms with Gasteiger partial charge in [-0.25, -0.2) is 15.0 Å². The smallest absolute Gasteiger partial charge is 0.175 e. The Balaban J connectivity index is 1.13. The number of rotatable bonds is 9. The maximum Gasteiger partial charge on any atom is 0.175 e. The molecule has 11 heteroatoms. The second-order valence-electron chi connectivity index (χ2n) is 11.6. The first-order chi connectivity index (χ1) is 19.5. The topological polar surface area (TPSA) is 102 Å². The van der Waals surface area contributed by atoms with Crippen LogP contribution in [0.3, 0.4) is 0 Å². The quantitative estimate of drug-likeness (QED) is 0.352. The molecule has 4 aliphatic heterocycles. The SMILES string of the molecule is CCOCOC[C@H]1C[C@H]2COc3c(Sc4cnc(N5CCC6(CC5)CO[C@@H](C)[C@H]6C)c(CO)n4)ccnc3N2C1. The van der Waals surface area contributed by atoms with E-state index in [1.165, 1.54) is 11.8 Å². The number of fused-ring (bicyclic) bond motifs is 3. The highest BCUT2D eigenvalue weighted by molar-refractivity contribution is 7.99. The van der Waals surface area contributed by atoms with Gasteiger partial charge in [0.1, 0.15) is 24.1 Å². The zero-order chi connectivity index (χ0) is 27.7. The number of anilines is 2. The van der Waals surface area contributed by atoms with Crippen molar-refractivity contribution in [2.45, 2.75) is 68.7 Å². The Hall–Kier alpha value is -2.18. The lowest BCUT2D eigenvalue weighted by molar-refractivity contribution is -0.0587. The highest BCUT2D eigenvalue weighted by Crippen LogP contribution is 2.47. The maximum atomic E-state index is 10.2. The molecule has 1 spiro atoms. The van der Waals surface area contributed by atoms with E-state index in [0.717, 1.165) is 72.8 Å². The number of piperidine rings is 1. The predicted octanol–water partition coefficient (Wildman–Crippen LogP) is 3.75. The highest BCUT2D eigenvalue weighted by Gasteiger charge is 2.47. The summed E-state index contributed by atoms with van der Waals surface area (Å²) in [6.45, 7) is 12.1. The number of ether oxygens (including phenoxy) is 4. The number of nitrogens with zero attached hydrogens (tertiary/aromatic N) is 5. The molecule has 2 aromatic rings. The van der Waals surface area contributed by atoms with Crippen LogP contribution >= 0.6 is 11.8 Å². The van der Waals surface area contributed by atoms with E-state index in [1.54, 1.807) is 0 Å². The van der Waals surface area contributed by atoms with Crippen LogP contribution in [0.5, 0.6) is 5.75 Å². The van der Waals surface area contributed by atoms with E-state index < -0.39 is 0 Å². The number of aliphatic hydroxyl groups excluding tert-OH is 1. The second kappa shape index (κ2) is 12.0. The molecule has 6 rings (SSSR count). The fraction of sp³-hybridized carbons (Fsp3) is 0.690. The van der Waals surface area contributed by atoms with E-state index in [4.69, 9.17) is 28.9 Å². The van der Waals surface area contributed by atoms with Gasteiger partial charge in [-0.3, -0.25) is 0 Å². The summed E-state index contributed by atoms with van der Waals surface area (Å²) in [5.74, 6) is 3.43. The van der Waals surface area contributed by atoms with Gasteiger partial charge in [-0.05, 0) is 45.1 Å². The molecule has 0 aliphatic carbocycles. The zero-order valence-corrected chi connectivity index (χ0v) is 24.6. The van der Waals surface area contributed by atoms with Crippen molar-refractivity contribution in [2.24, 2.45) is 17.3 Å². The molecule has 0 bridgehead atoms. The minimum Gasteiger partial charge on any atom is -0.486 e. The fourth-order valence-electron chi connectivity index (χ4n) is 6.70. The lowest BCUT2D eigenvalue weighted by Gasteiger charge is -2.42. The minimum atomic E-state index is -0.151. The summed E-state index contributed by atoms with van der Waals surface area (Å²) in [7, 11) is 0. The molecule has 0 amide bonds. The van der Waals surface area contributed by atoms with E-state index in [9.17, 15) is 5.11 Å². The maximum absolute atomic E-state index is 10.2. The Bertz CT molecular complexity index is 1180. The molecule has 3 saturated heterocycles. The number of pyridine rings is 1. The summed E-state index contributed by atoms with van der Waals surface area (Å²) < 4.78 is 23.3. The van der Waals surface area contributed by atoms with Crippen LogP contribution in [-0.2, 0) is 20.8 Å².